The van der Waals surface area contributed by atoms with Gasteiger partial charge in [-0.1, -0.05) is 29.8 Å². The van der Waals surface area contributed by atoms with Crippen LogP contribution in [0.5, 0.6) is 0 Å². The first-order chi connectivity index (χ1) is 9.82. The molecule has 118 valence electrons. The van der Waals surface area contributed by atoms with Crippen molar-refractivity contribution in [1.29, 1.82) is 0 Å². The minimum absolute atomic E-state index is 0.365. The second-order valence-corrected chi connectivity index (χ2v) is 8.61. The van der Waals surface area contributed by atoms with Gasteiger partial charge < -0.3 is 5.32 Å². The minimum atomic E-state index is -3.38. The Kier molecular flexibility index (Phi) is 5.46. The zero-order valence-corrected chi connectivity index (χ0v) is 15.2. The van der Waals surface area contributed by atoms with Crippen molar-refractivity contribution < 1.29 is 8.42 Å². The number of sulfonamides is 1. The van der Waals surface area contributed by atoms with Crippen molar-refractivity contribution in [2.24, 2.45) is 0 Å². The van der Waals surface area contributed by atoms with Gasteiger partial charge in [-0.15, -0.1) is 0 Å². The highest BCUT2D eigenvalue weighted by atomic mass is 79.9. The molecular formula is C15H23BrN2O2S. The lowest BCUT2D eigenvalue weighted by molar-refractivity contribution is 0.476. The molecule has 6 heteroatoms. The number of hydrogen-bond donors (Lipinski definition) is 1. The van der Waals surface area contributed by atoms with Gasteiger partial charge in [-0.05, 0) is 43.0 Å². The lowest BCUT2D eigenvalue weighted by Crippen LogP contribution is -2.29. The number of rotatable bonds is 5. The van der Waals surface area contributed by atoms with Crippen LogP contribution in [0.4, 0.5) is 0 Å². The summed E-state index contributed by atoms with van der Waals surface area (Å²) in [5.74, 6) is 0. The zero-order valence-electron chi connectivity index (χ0n) is 12.8. The van der Waals surface area contributed by atoms with Gasteiger partial charge in [0, 0.05) is 30.1 Å². The highest BCUT2D eigenvalue weighted by molar-refractivity contribution is 9.10. The Hall–Kier alpha value is -0.430. The second kappa shape index (κ2) is 6.77. The molecule has 0 amide bonds. The first-order valence-electron chi connectivity index (χ1n) is 7.35. The van der Waals surface area contributed by atoms with Crippen LogP contribution in [-0.4, -0.2) is 31.9 Å². The van der Waals surface area contributed by atoms with Crippen LogP contribution in [0.1, 0.15) is 37.8 Å². The van der Waals surface area contributed by atoms with E-state index in [4.69, 9.17) is 0 Å². The molecule has 0 unspecified atom stereocenters. The standard InChI is InChI=1S/C15H23BrN2O2S/c1-11(2)17-10-13-8-14(16)12(3)15(9-13)21(19,20)18-6-4-5-7-18/h8-9,11,17H,4-7,10H2,1-3H3. The predicted molar refractivity (Wildman–Crippen MR) is 88.8 cm³/mol. The Bertz CT molecular complexity index is 608. The van der Waals surface area contributed by atoms with E-state index < -0.39 is 10.0 Å². The SMILES string of the molecule is Cc1c(Br)cc(CNC(C)C)cc1S(=O)(=O)N1CCCC1. The van der Waals surface area contributed by atoms with E-state index in [1.807, 2.05) is 19.1 Å². The zero-order chi connectivity index (χ0) is 15.6. The fourth-order valence-corrected chi connectivity index (χ4v) is 4.92. The topological polar surface area (TPSA) is 49.4 Å². The Morgan fingerprint density at radius 1 is 1.29 bits per heavy atom. The minimum Gasteiger partial charge on any atom is -0.310 e. The molecule has 0 aliphatic carbocycles. The lowest BCUT2D eigenvalue weighted by Gasteiger charge is -2.19. The molecule has 0 radical (unpaired) electrons. The summed E-state index contributed by atoms with van der Waals surface area (Å²) in [4.78, 5) is 0.430. The first kappa shape index (κ1) is 16.9. The van der Waals surface area contributed by atoms with Gasteiger partial charge in [0.05, 0.1) is 4.90 Å². The molecule has 1 N–H and O–H groups in total. The summed E-state index contributed by atoms with van der Waals surface area (Å²) in [5.41, 5.74) is 1.77. The lowest BCUT2D eigenvalue weighted by atomic mass is 10.1. The third-order valence-corrected chi connectivity index (χ3v) is 6.60. The quantitative estimate of drug-likeness (QED) is 0.861. The molecule has 1 aromatic carbocycles. The average molecular weight is 375 g/mol. The molecule has 1 fully saturated rings. The average Bonchev–Trinajstić information content (AvgIpc) is 2.94. The third kappa shape index (κ3) is 3.86. The van der Waals surface area contributed by atoms with Gasteiger partial charge in [-0.2, -0.15) is 4.31 Å². The molecule has 21 heavy (non-hydrogen) atoms. The maximum absolute atomic E-state index is 12.8. The predicted octanol–water partition coefficient (Wildman–Crippen LogP) is 3.04. The van der Waals surface area contributed by atoms with Crippen molar-refractivity contribution in [2.45, 2.75) is 51.1 Å². The molecule has 1 aliphatic heterocycles. The Morgan fingerprint density at radius 3 is 2.48 bits per heavy atom. The summed E-state index contributed by atoms with van der Waals surface area (Å²) in [6.07, 6.45) is 1.90. The van der Waals surface area contributed by atoms with Gasteiger partial charge in [0.2, 0.25) is 10.0 Å². The third-order valence-electron chi connectivity index (χ3n) is 3.75. The number of halogens is 1. The number of nitrogens with one attached hydrogen (secondary N) is 1. The smallest absolute Gasteiger partial charge is 0.243 e. The Balaban J connectivity index is 2.37. The fourth-order valence-electron chi connectivity index (χ4n) is 2.47. The highest BCUT2D eigenvalue weighted by Crippen LogP contribution is 2.29. The van der Waals surface area contributed by atoms with E-state index in [-0.39, 0.29) is 0 Å². The van der Waals surface area contributed by atoms with Gasteiger partial charge in [0.15, 0.2) is 0 Å². The number of nitrogens with zero attached hydrogens (tertiary/aromatic N) is 1. The summed E-state index contributed by atoms with van der Waals surface area (Å²) in [5, 5.41) is 3.33. The van der Waals surface area contributed by atoms with Crippen LogP contribution in [0.15, 0.2) is 21.5 Å². The van der Waals surface area contributed by atoms with E-state index in [0.717, 1.165) is 28.4 Å². The first-order valence-corrected chi connectivity index (χ1v) is 9.58. The van der Waals surface area contributed by atoms with Crippen LogP contribution in [0.2, 0.25) is 0 Å². The van der Waals surface area contributed by atoms with E-state index in [0.29, 0.717) is 30.6 Å². The molecule has 1 aliphatic rings. The van der Waals surface area contributed by atoms with Crippen LogP contribution in [0, 0.1) is 6.92 Å². The maximum atomic E-state index is 12.8. The fraction of sp³-hybridized carbons (Fsp3) is 0.600. The van der Waals surface area contributed by atoms with E-state index in [2.05, 4.69) is 35.1 Å². The van der Waals surface area contributed by atoms with Crippen molar-refractivity contribution in [3.63, 3.8) is 0 Å². The maximum Gasteiger partial charge on any atom is 0.243 e. The molecule has 0 saturated carbocycles. The summed E-state index contributed by atoms with van der Waals surface area (Å²) in [6.45, 7) is 7.93. The van der Waals surface area contributed by atoms with Gasteiger partial charge in [0.25, 0.3) is 0 Å². The van der Waals surface area contributed by atoms with Crippen LogP contribution in [0.3, 0.4) is 0 Å². The van der Waals surface area contributed by atoms with Crippen LogP contribution < -0.4 is 5.32 Å². The molecule has 1 heterocycles. The van der Waals surface area contributed by atoms with Gasteiger partial charge in [-0.3, -0.25) is 0 Å². The van der Waals surface area contributed by atoms with Crippen LogP contribution >= 0.6 is 15.9 Å². The van der Waals surface area contributed by atoms with E-state index in [9.17, 15) is 8.42 Å². The van der Waals surface area contributed by atoms with Crippen molar-refractivity contribution in [2.75, 3.05) is 13.1 Å². The summed E-state index contributed by atoms with van der Waals surface area (Å²) < 4.78 is 28.0. The molecule has 4 nitrogen and oxygen atoms in total. The molecule has 0 spiro atoms. The van der Waals surface area contributed by atoms with Gasteiger partial charge in [0.1, 0.15) is 0 Å². The normalized spacial score (nSPS) is 16.8. The number of hydrogen-bond acceptors (Lipinski definition) is 3. The van der Waals surface area contributed by atoms with Crippen LogP contribution in [0.25, 0.3) is 0 Å². The van der Waals surface area contributed by atoms with Crippen molar-refractivity contribution >= 4 is 26.0 Å². The summed E-state index contributed by atoms with van der Waals surface area (Å²) in [6, 6.07) is 4.17. The largest absolute Gasteiger partial charge is 0.310 e. The van der Waals surface area contributed by atoms with E-state index in [1.54, 1.807) is 4.31 Å². The van der Waals surface area contributed by atoms with Crippen LogP contribution in [-0.2, 0) is 16.6 Å². The van der Waals surface area contributed by atoms with Gasteiger partial charge >= 0.3 is 0 Å². The highest BCUT2D eigenvalue weighted by Gasteiger charge is 2.29. The molecule has 2 rings (SSSR count). The molecule has 0 atom stereocenters. The van der Waals surface area contributed by atoms with Crippen molar-refractivity contribution in [3.8, 4) is 0 Å². The molecule has 0 bridgehead atoms. The van der Waals surface area contributed by atoms with Crippen molar-refractivity contribution in [3.05, 3.63) is 27.7 Å². The summed E-state index contributed by atoms with van der Waals surface area (Å²) >= 11 is 3.49. The Labute approximate surface area is 136 Å². The van der Waals surface area contributed by atoms with E-state index >= 15 is 0 Å². The number of benzene rings is 1. The molecule has 1 aromatic rings. The summed E-state index contributed by atoms with van der Waals surface area (Å²) in [7, 11) is -3.38. The molecule has 0 aromatic heterocycles. The monoisotopic (exact) mass is 374 g/mol. The van der Waals surface area contributed by atoms with Gasteiger partial charge in [-0.25, -0.2) is 8.42 Å². The van der Waals surface area contributed by atoms with Crippen molar-refractivity contribution in [1.82, 2.24) is 9.62 Å². The second-order valence-electron chi connectivity index (χ2n) is 5.85. The molecular weight excluding hydrogens is 352 g/mol. The Morgan fingerprint density at radius 2 is 1.90 bits per heavy atom. The van der Waals surface area contributed by atoms with E-state index in [1.165, 1.54) is 0 Å². The molecule has 1 saturated heterocycles.